The molecular weight excluding hydrogens is 381 g/mol. The van der Waals surface area contributed by atoms with Gasteiger partial charge in [-0.1, -0.05) is 29.8 Å². The van der Waals surface area contributed by atoms with Crippen LogP contribution in [0.15, 0.2) is 60.7 Å². The van der Waals surface area contributed by atoms with Gasteiger partial charge in [0, 0.05) is 12.1 Å². The van der Waals surface area contributed by atoms with Crippen molar-refractivity contribution < 1.29 is 18.7 Å². The molecule has 1 aliphatic heterocycles. The Kier molecular flexibility index (Phi) is 5.44. The Bertz CT molecular complexity index is 1060. The van der Waals surface area contributed by atoms with Gasteiger partial charge in [-0.15, -0.1) is 0 Å². The molecule has 1 atom stereocenters. The molecule has 3 aromatic carbocycles. The summed E-state index contributed by atoms with van der Waals surface area (Å²) < 4.78 is 24.6. The number of amides is 1. The van der Waals surface area contributed by atoms with Crippen molar-refractivity contribution in [3.05, 3.63) is 94.3 Å². The van der Waals surface area contributed by atoms with E-state index in [1.54, 1.807) is 26.4 Å². The number of ether oxygens (including phenoxy) is 2. The summed E-state index contributed by atoms with van der Waals surface area (Å²) in [6, 6.07) is 17.5. The van der Waals surface area contributed by atoms with Crippen molar-refractivity contribution in [2.75, 3.05) is 20.8 Å². The van der Waals surface area contributed by atoms with Crippen molar-refractivity contribution in [2.24, 2.45) is 0 Å². The Balaban J connectivity index is 1.84. The average molecular weight is 405 g/mol. The van der Waals surface area contributed by atoms with Gasteiger partial charge >= 0.3 is 0 Å². The molecule has 0 N–H and O–H groups in total. The van der Waals surface area contributed by atoms with Gasteiger partial charge in [-0.3, -0.25) is 4.79 Å². The molecule has 0 saturated carbocycles. The predicted molar refractivity (Wildman–Crippen MR) is 114 cm³/mol. The molecule has 5 heteroatoms. The van der Waals surface area contributed by atoms with Crippen LogP contribution >= 0.6 is 0 Å². The van der Waals surface area contributed by atoms with E-state index in [9.17, 15) is 9.18 Å². The van der Waals surface area contributed by atoms with E-state index in [1.807, 2.05) is 48.2 Å². The normalized spacial score (nSPS) is 15.5. The third kappa shape index (κ3) is 3.63. The first-order valence-corrected chi connectivity index (χ1v) is 9.89. The van der Waals surface area contributed by atoms with Crippen LogP contribution in [0.3, 0.4) is 0 Å². The lowest BCUT2D eigenvalue weighted by atomic mass is 9.87. The molecule has 1 amide bonds. The Morgan fingerprint density at radius 1 is 0.967 bits per heavy atom. The Labute approximate surface area is 175 Å². The summed E-state index contributed by atoms with van der Waals surface area (Å²) >= 11 is 0. The molecule has 1 aliphatic rings. The van der Waals surface area contributed by atoms with Crippen molar-refractivity contribution in [3.8, 4) is 11.5 Å². The zero-order valence-electron chi connectivity index (χ0n) is 17.3. The Morgan fingerprint density at radius 3 is 2.23 bits per heavy atom. The van der Waals surface area contributed by atoms with Crippen LogP contribution in [0, 0.1) is 12.7 Å². The molecule has 0 aliphatic carbocycles. The number of rotatable bonds is 4. The fourth-order valence-corrected chi connectivity index (χ4v) is 4.03. The zero-order valence-corrected chi connectivity index (χ0v) is 17.3. The number of carbonyl (C=O) groups is 1. The fourth-order valence-electron chi connectivity index (χ4n) is 4.03. The molecule has 154 valence electrons. The predicted octanol–water partition coefficient (Wildman–Crippen LogP) is 4.94. The number of hydrogen-bond acceptors (Lipinski definition) is 3. The van der Waals surface area contributed by atoms with Crippen LogP contribution in [0.25, 0.3) is 0 Å². The van der Waals surface area contributed by atoms with E-state index in [-0.39, 0.29) is 17.8 Å². The maximum Gasteiger partial charge on any atom is 0.254 e. The number of aryl methyl sites for hydroxylation is 1. The third-order valence-electron chi connectivity index (χ3n) is 5.62. The number of methoxy groups -OCH3 is 2. The van der Waals surface area contributed by atoms with E-state index in [4.69, 9.17) is 9.47 Å². The van der Waals surface area contributed by atoms with Crippen molar-refractivity contribution >= 4 is 5.91 Å². The van der Waals surface area contributed by atoms with E-state index in [0.717, 1.165) is 22.3 Å². The minimum atomic E-state index is -0.344. The van der Waals surface area contributed by atoms with Crippen LogP contribution in [0.2, 0.25) is 0 Å². The molecule has 3 aromatic rings. The van der Waals surface area contributed by atoms with Crippen LogP contribution in [0.1, 0.15) is 38.7 Å². The minimum Gasteiger partial charge on any atom is -0.493 e. The van der Waals surface area contributed by atoms with Crippen molar-refractivity contribution in [2.45, 2.75) is 19.4 Å². The fraction of sp³-hybridized carbons (Fsp3) is 0.240. The number of carbonyl (C=O) groups excluding carboxylic acids is 1. The summed E-state index contributed by atoms with van der Waals surface area (Å²) in [5, 5.41) is 0. The summed E-state index contributed by atoms with van der Waals surface area (Å²) in [5.41, 5.74) is 4.64. The molecule has 0 unspecified atom stereocenters. The van der Waals surface area contributed by atoms with Gasteiger partial charge in [0.2, 0.25) is 0 Å². The lowest BCUT2D eigenvalue weighted by Gasteiger charge is -2.38. The minimum absolute atomic E-state index is 0.0511. The number of benzene rings is 3. The Hall–Kier alpha value is -3.34. The highest BCUT2D eigenvalue weighted by Gasteiger charge is 2.33. The van der Waals surface area contributed by atoms with Crippen molar-refractivity contribution in [3.63, 3.8) is 0 Å². The molecule has 0 bridgehead atoms. The summed E-state index contributed by atoms with van der Waals surface area (Å²) in [5.74, 6) is 0.906. The highest BCUT2D eigenvalue weighted by atomic mass is 19.1. The van der Waals surface area contributed by atoms with E-state index in [1.165, 1.54) is 12.1 Å². The second kappa shape index (κ2) is 8.19. The molecule has 0 radical (unpaired) electrons. The lowest BCUT2D eigenvalue weighted by molar-refractivity contribution is 0.0694. The van der Waals surface area contributed by atoms with Crippen LogP contribution in [0.4, 0.5) is 4.39 Å². The molecule has 4 rings (SSSR count). The van der Waals surface area contributed by atoms with Crippen LogP contribution in [-0.2, 0) is 6.42 Å². The largest absolute Gasteiger partial charge is 0.493 e. The van der Waals surface area contributed by atoms with Crippen molar-refractivity contribution in [1.82, 2.24) is 4.90 Å². The summed E-state index contributed by atoms with van der Waals surface area (Å²) in [6.07, 6.45) is 0.699. The number of fused-ring (bicyclic) bond motifs is 1. The van der Waals surface area contributed by atoms with Gasteiger partial charge in [0.15, 0.2) is 11.5 Å². The van der Waals surface area contributed by atoms with Gasteiger partial charge in [-0.2, -0.15) is 0 Å². The molecule has 0 saturated heterocycles. The van der Waals surface area contributed by atoms with Crippen LogP contribution in [0.5, 0.6) is 11.5 Å². The van der Waals surface area contributed by atoms with Gasteiger partial charge in [-0.05, 0) is 66.4 Å². The lowest BCUT2D eigenvalue weighted by Crippen LogP contribution is -2.40. The standard InChI is InChI=1S/C25H24FNO3/c1-16-4-6-18(7-5-16)25(28)27-13-12-19-14-22(29-2)23(30-3)15-21(19)24(27)17-8-10-20(26)11-9-17/h4-11,14-15,24H,12-13H2,1-3H3/t24-/m0/s1. The average Bonchev–Trinajstić information content (AvgIpc) is 2.78. The number of halogens is 1. The summed E-state index contributed by atoms with van der Waals surface area (Å²) in [4.78, 5) is 15.3. The molecular formula is C25H24FNO3. The van der Waals surface area contributed by atoms with Crippen LogP contribution in [-0.4, -0.2) is 31.6 Å². The second-order valence-corrected chi connectivity index (χ2v) is 7.47. The van der Waals surface area contributed by atoms with E-state index < -0.39 is 0 Å². The maximum atomic E-state index is 13.6. The van der Waals surface area contributed by atoms with Gasteiger partial charge < -0.3 is 14.4 Å². The topological polar surface area (TPSA) is 38.8 Å². The van der Waals surface area contributed by atoms with E-state index in [2.05, 4.69) is 0 Å². The molecule has 0 aromatic heterocycles. The Morgan fingerprint density at radius 2 is 1.60 bits per heavy atom. The third-order valence-corrected chi connectivity index (χ3v) is 5.62. The number of nitrogens with zero attached hydrogens (tertiary/aromatic N) is 1. The quantitative estimate of drug-likeness (QED) is 0.617. The highest BCUT2D eigenvalue weighted by Crippen LogP contribution is 2.41. The van der Waals surface area contributed by atoms with Gasteiger partial charge in [0.25, 0.3) is 5.91 Å². The maximum absolute atomic E-state index is 13.6. The summed E-state index contributed by atoms with van der Waals surface area (Å²) in [7, 11) is 3.20. The molecule has 30 heavy (non-hydrogen) atoms. The zero-order chi connectivity index (χ0) is 21.3. The number of hydrogen-bond donors (Lipinski definition) is 0. The van der Waals surface area contributed by atoms with Gasteiger partial charge in [-0.25, -0.2) is 4.39 Å². The van der Waals surface area contributed by atoms with Crippen molar-refractivity contribution in [1.29, 1.82) is 0 Å². The molecule has 1 heterocycles. The molecule has 0 spiro atoms. The SMILES string of the molecule is COc1cc2c(cc1OC)[C@H](c1ccc(F)cc1)N(C(=O)c1ccc(C)cc1)CC2. The first kappa shape index (κ1) is 20.0. The van der Waals surface area contributed by atoms with E-state index >= 15 is 0 Å². The van der Waals surface area contributed by atoms with Gasteiger partial charge in [0.1, 0.15) is 5.82 Å². The van der Waals surface area contributed by atoms with E-state index in [0.29, 0.717) is 30.0 Å². The monoisotopic (exact) mass is 405 g/mol. The van der Waals surface area contributed by atoms with Crippen LogP contribution < -0.4 is 9.47 Å². The smallest absolute Gasteiger partial charge is 0.254 e. The highest BCUT2D eigenvalue weighted by molar-refractivity contribution is 5.95. The molecule has 0 fully saturated rings. The van der Waals surface area contributed by atoms with Gasteiger partial charge in [0.05, 0.1) is 20.3 Å². The first-order valence-electron chi connectivity index (χ1n) is 9.89. The first-order chi connectivity index (χ1) is 14.5. The summed E-state index contributed by atoms with van der Waals surface area (Å²) in [6.45, 7) is 2.55. The molecule has 4 nitrogen and oxygen atoms in total. The second-order valence-electron chi connectivity index (χ2n) is 7.47.